The van der Waals surface area contributed by atoms with Gasteiger partial charge in [0.05, 0.1) is 45.3 Å². The number of carbonyl (C=O) groups is 1. The van der Waals surface area contributed by atoms with Crippen LogP contribution in [0.15, 0.2) is 36.9 Å². The molecule has 0 aliphatic carbocycles. The average molecular weight is 339 g/mol. The van der Waals surface area contributed by atoms with E-state index in [1.54, 1.807) is 6.07 Å². The van der Waals surface area contributed by atoms with Crippen molar-refractivity contribution in [2.75, 3.05) is 58.6 Å². The molecule has 0 bridgehead atoms. The normalized spacial score (nSPS) is 10.3. The van der Waals surface area contributed by atoms with Crippen molar-refractivity contribution in [1.82, 2.24) is 0 Å². The molecule has 7 nitrogen and oxygen atoms in total. The van der Waals surface area contributed by atoms with Crippen molar-refractivity contribution >= 4 is 11.7 Å². The lowest BCUT2D eigenvalue weighted by Gasteiger charge is -2.09. The molecule has 0 saturated heterocycles. The third-order valence-electron chi connectivity index (χ3n) is 2.79. The smallest absolute Gasteiger partial charge is 0.330 e. The highest BCUT2D eigenvalue weighted by Crippen LogP contribution is 2.19. The lowest BCUT2D eigenvalue weighted by Crippen LogP contribution is -2.14. The van der Waals surface area contributed by atoms with Gasteiger partial charge in [0.25, 0.3) is 0 Å². The Labute approximate surface area is 142 Å². The zero-order chi connectivity index (χ0) is 17.5. The molecule has 0 atom stereocenters. The van der Waals surface area contributed by atoms with E-state index in [-0.39, 0.29) is 6.61 Å². The fourth-order valence-corrected chi connectivity index (χ4v) is 1.62. The van der Waals surface area contributed by atoms with Crippen LogP contribution in [0.3, 0.4) is 0 Å². The van der Waals surface area contributed by atoms with E-state index in [4.69, 9.17) is 29.4 Å². The minimum absolute atomic E-state index is 0.208. The molecule has 24 heavy (non-hydrogen) atoms. The Morgan fingerprint density at radius 1 is 0.917 bits per heavy atom. The summed E-state index contributed by atoms with van der Waals surface area (Å²) in [5.41, 5.74) is 6.37. The summed E-state index contributed by atoms with van der Waals surface area (Å²) in [6, 6.07) is 7.33. The van der Waals surface area contributed by atoms with Gasteiger partial charge in [0, 0.05) is 6.08 Å². The molecule has 0 aliphatic heterocycles. The summed E-state index contributed by atoms with van der Waals surface area (Å²) in [6.07, 6.45) is 1.11. The van der Waals surface area contributed by atoms with Gasteiger partial charge < -0.3 is 29.4 Å². The summed E-state index contributed by atoms with van der Waals surface area (Å²) in [5, 5.41) is 0. The molecule has 0 aromatic heterocycles. The maximum Gasteiger partial charge on any atom is 0.330 e. The minimum Gasteiger partial charge on any atom is -0.489 e. The largest absolute Gasteiger partial charge is 0.489 e. The number of hydrogen-bond donors (Lipinski definition) is 1. The third kappa shape index (κ3) is 9.83. The van der Waals surface area contributed by atoms with Crippen molar-refractivity contribution in [2.24, 2.45) is 0 Å². The quantitative estimate of drug-likeness (QED) is 0.237. The van der Waals surface area contributed by atoms with Gasteiger partial charge >= 0.3 is 5.97 Å². The Morgan fingerprint density at radius 2 is 1.46 bits per heavy atom. The minimum atomic E-state index is -0.453. The molecular formula is C17H25NO6. The first-order chi connectivity index (χ1) is 11.7. The molecule has 7 heteroatoms. The second-order valence-electron chi connectivity index (χ2n) is 4.60. The van der Waals surface area contributed by atoms with Gasteiger partial charge in [-0.15, -0.1) is 0 Å². The van der Waals surface area contributed by atoms with E-state index in [0.717, 1.165) is 6.08 Å². The highest BCUT2D eigenvalue weighted by molar-refractivity contribution is 5.81. The van der Waals surface area contributed by atoms with Crippen molar-refractivity contribution in [3.8, 4) is 5.75 Å². The van der Waals surface area contributed by atoms with Crippen LogP contribution in [0.1, 0.15) is 0 Å². The Hall–Kier alpha value is -2.09. The maximum atomic E-state index is 10.7. The summed E-state index contributed by atoms with van der Waals surface area (Å²) >= 11 is 0. The van der Waals surface area contributed by atoms with Gasteiger partial charge in [0.1, 0.15) is 19.0 Å². The van der Waals surface area contributed by atoms with Gasteiger partial charge in [-0.2, -0.15) is 0 Å². The van der Waals surface area contributed by atoms with Crippen LogP contribution in [0.4, 0.5) is 5.69 Å². The van der Waals surface area contributed by atoms with E-state index in [1.165, 1.54) is 0 Å². The Kier molecular flexibility index (Phi) is 11.1. The molecule has 0 saturated carbocycles. The predicted octanol–water partition coefficient (Wildman–Crippen LogP) is 1.43. The number of nitrogen functional groups attached to an aromatic ring is 1. The molecule has 0 aliphatic rings. The molecule has 2 N–H and O–H groups in total. The number of ether oxygens (including phenoxy) is 5. The van der Waals surface area contributed by atoms with E-state index >= 15 is 0 Å². The number of carbonyl (C=O) groups excluding carboxylic acids is 1. The van der Waals surface area contributed by atoms with Crippen LogP contribution in [0.25, 0.3) is 0 Å². The van der Waals surface area contributed by atoms with Gasteiger partial charge in [-0.1, -0.05) is 18.7 Å². The first-order valence-electron chi connectivity index (χ1n) is 7.73. The van der Waals surface area contributed by atoms with Gasteiger partial charge in [-0.25, -0.2) is 4.79 Å². The van der Waals surface area contributed by atoms with Gasteiger partial charge in [0.15, 0.2) is 0 Å². The summed E-state index contributed by atoms with van der Waals surface area (Å²) in [5.74, 6) is 0.208. The van der Waals surface area contributed by atoms with Crippen molar-refractivity contribution < 1.29 is 28.5 Å². The van der Waals surface area contributed by atoms with E-state index in [1.807, 2.05) is 18.2 Å². The molecule has 1 aromatic carbocycles. The number of esters is 1. The molecule has 1 rings (SSSR count). The van der Waals surface area contributed by atoms with Crippen LogP contribution in [-0.4, -0.2) is 58.8 Å². The summed E-state index contributed by atoms with van der Waals surface area (Å²) < 4.78 is 26.2. The number of nitrogens with two attached hydrogens (primary N) is 1. The molecule has 0 unspecified atom stereocenters. The molecule has 1 aromatic rings. The zero-order valence-electron chi connectivity index (χ0n) is 13.8. The summed E-state index contributed by atoms with van der Waals surface area (Å²) in [6.45, 7) is 6.57. The zero-order valence-corrected chi connectivity index (χ0v) is 13.8. The maximum absolute atomic E-state index is 10.7. The van der Waals surface area contributed by atoms with Crippen LogP contribution < -0.4 is 10.5 Å². The van der Waals surface area contributed by atoms with Crippen LogP contribution in [0.5, 0.6) is 5.75 Å². The average Bonchev–Trinajstić information content (AvgIpc) is 2.60. The Bertz CT molecular complexity index is 480. The highest BCUT2D eigenvalue weighted by Gasteiger charge is 1.98. The fraction of sp³-hybridized carbons (Fsp3) is 0.471. The second-order valence-corrected chi connectivity index (χ2v) is 4.60. The third-order valence-corrected chi connectivity index (χ3v) is 2.79. The SMILES string of the molecule is C=CC(=O)OCCOCCOCCOCCOc1ccccc1N. The standard InChI is InChI=1S/C17H25NO6/c1-2-17(19)24-14-12-22-10-8-20-7-9-21-11-13-23-16-6-4-3-5-15(16)18/h2-6H,1,7-14,18H2. The first kappa shape index (κ1) is 20.0. The van der Waals surface area contributed by atoms with Crippen molar-refractivity contribution in [1.29, 1.82) is 0 Å². The van der Waals surface area contributed by atoms with E-state index in [0.29, 0.717) is 57.7 Å². The number of hydrogen-bond acceptors (Lipinski definition) is 7. The first-order valence-corrected chi connectivity index (χ1v) is 7.73. The van der Waals surface area contributed by atoms with Crippen LogP contribution in [0, 0.1) is 0 Å². The van der Waals surface area contributed by atoms with Crippen molar-refractivity contribution in [2.45, 2.75) is 0 Å². The number of anilines is 1. The van der Waals surface area contributed by atoms with E-state index in [2.05, 4.69) is 6.58 Å². The predicted molar refractivity (Wildman–Crippen MR) is 90.0 cm³/mol. The van der Waals surface area contributed by atoms with Gasteiger partial charge in [-0.05, 0) is 12.1 Å². The van der Waals surface area contributed by atoms with E-state index < -0.39 is 5.97 Å². The molecule has 0 radical (unpaired) electrons. The summed E-state index contributed by atoms with van der Waals surface area (Å²) in [4.78, 5) is 10.7. The number of benzene rings is 1. The van der Waals surface area contributed by atoms with Gasteiger partial charge in [0.2, 0.25) is 0 Å². The Morgan fingerprint density at radius 3 is 2.04 bits per heavy atom. The molecule has 0 fully saturated rings. The van der Waals surface area contributed by atoms with Crippen LogP contribution in [-0.2, 0) is 23.7 Å². The van der Waals surface area contributed by atoms with E-state index in [9.17, 15) is 4.79 Å². The van der Waals surface area contributed by atoms with Crippen molar-refractivity contribution in [3.05, 3.63) is 36.9 Å². The fourth-order valence-electron chi connectivity index (χ4n) is 1.62. The lowest BCUT2D eigenvalue weighted by atomic mass is 10.3. The molecule has 0 amide bonds. The lowest BCUT2D eigenvalue weighted by molar-refractivity contribution is -0.139. The molecule has 0 heterocycles. The Balaban J connectivity index is 1.82. The van der Waals surface area contributed by atoms with Crippen LogP contribution >= 0.6 is 0 Å². The summed E-state index contributed by atoms with van der Waals surface area (Å²) in [7, 11) is 0. The van der Waals surface area contributed by atoms with Gasteiger partial charge in [-0.3, -0.25) is 0 Å². The topological polar surface area (TPSA) is 89.2 Å². The second kappa shape index (κ2) is 13.4. The number of para-hydroxylation sites is 2. The van der Waals surface area contributed by atoms with Crippen LogP contribution in [0.2, 0.25) is 0 Å². The molecular weight excluding hydrogens is 314 g/mol. The van der Waals surface area contributed by atoms with Crippen molar-refractivity contribution in [3.63, 3.8) is 0 Å². The monoisotopic (exact) mass is 339 g/mol. The number of rotatable bonds is 14. The molecule has 134 valence electrons. The highest BCUT2D eigenvalue weighted by atomic mass is 16.6. The molecule has 0 spiro atoms.